The van der Waals surface area contributed by atoms with Crippen molar-refractivity contribution in [2.24, 2.45) is 0 Å². The summed E-state index contributed by atoms with van der Waals surface area (Å²) in [6.07, 6.45) is 16.9. The summed E-state index contributed by atoms with van der Waals surface area (Å²) in [6.45, 7) is 2.19. The van der Waals surface area contributed by atoms with Crippen molar-refractivity contribution in [2.45, 2.75) is 32.6 Å². The molecular formula is C13H15. The Morgan fingerprint density at radius 3 is 2.92 bits per heavy atom. The van der Waals surface area contributed by atoms with Crippen LogP contribution in [0.1, 0.15) is 32.6 Å². The monoisotopic (exact) mass is 171 g/mol. The second-order valence-electron chi connectivity index (χ2n) is 3.70. The summed E-state index contributed by atoms with van der Waals surface area (Å²) in [5.41, 5.74) is 4.44. The van der Waals surface area contributed by atoms with E-state index in [9.17, 15) is 0 Å². The fraction of sp³-hybridized carbons (Fsp3) is 0.385. The van der Waals surface area contributed by atoms with Crippen LogP contribution in [0.5, 0.6) is 0 Å². The molecule has 0 saturated heterocycles. The highest BCUT2D eigenvalue weighted by molar-refractivity contribution is 5.33. The maximum Gasteiger partial charge on any atom is -0.00858 e. The van der Waals surface area contributed by atoms with Crippen LogP contribution in [0, 0.1) is 6.08 Å². The fourth-order valence-electron chi connectivity index (χ4n) is 1.84. The molecule has 0 amide bonds. The van der Waals surface area contributed by atoms with Gasteiger partial charge in [-0.15, -0.1) is 0 Å². The first kappa shape index (κ1) is 8.55. The van der Waals surface area contributed by atoms with Crippen LogP contribution in [-0.4, -0.2) is 0 Å². The molecule has 2 aliphatic carbocycles. The Bertz CT molecular complexity index is 311. The number of rotatable bonds is 3. The van der Waals surface area contributed by atoms with Crippen LogP contribution >= 0.6 is 0 Å². The minimum absolute atomic E-state index is 1.03. The molecule has 0 aromatic heterocycles. The Morgan fingerprint density at radius 2 is 2.31 bits per heavy atom. The van der Waals surface area contributed by atoms with E-state index in [1.165, 1.54) is 24.0 Å². The van der Waals surface area contributed by atoms with Crippen molar-refractivity contribution in [1.29, 1.82) is 0 Å². The lowest BCUT2D eigenvalue weighted by molar-refractivity contribution is 0.910. The van der Waals surface area contributed by atoms with Crippen molar-refractivity contribution in [1.82, 2.24) is 0 Å². The van der Waals surface area contributed by atoms with Crippen LogP contribution in [0.15, 0.2) is 41.0 Å². The molecule has 13 heavy (non-hydrogen) atoms. The van der Waals surface area contributed by atoms with E-state index in [-0.39, 0.29) is 0 Å². The highest BCUT2D eigenvalue weighted by Gasteiger charge is 2.07. The Hall–Kier alpha value is -1.04. The van der Waals surface area contributed by atoms with Gasteiger partial charge in [-0.25, -0.2) is 0 Å². The fourth-order valence-corrected chi connectivity index (χ4v) is 1.84. The lowest BCUT2D eigenvalue weighted by Crippen LogP contribution is -1.85. The van der Waals surface area contributed by atoms with E-state index >= 15 is 0 Å². The SMILES string of the molecule is CC1=CC[C]=C1CCC1=CC=CC1. The molecule has 0 bridgehead atoms. The van der Waals surface area contributed by atoms with Gasteiger partial charge in [-0.05, 0) is 44.3 Å². The highest BCUT2D eigenvalue weighted by Crippen LogP contribution is 2.26. The highest BCUT2D eigenvalue weighted by atomic mass is 14.1. The summed E-state index contributed by atoms with van der Waals surface area (Å²) in [4.78, 5) is 0. The van der Waals surface area contributed by atoms with E-state index in [0.29, 0.717) is 0 Å². The zero-order valence-electron chi connectivity index (χ0n) is 8.14. The molecule has 0 aliphatic heterocycles. The molecule has 1 radical (unpaired) electrons. The van der Waals surface area contributed by atoms with E-state index in [1.54, 1.807) is 5.57 Å². The molecule has 2 rings (SSSR count). The summed E-state index contributed by atoms with van der Waals surface area (Å²) < 4.78 is 0. The van der Waals surface area contributed by atoms with Crippen molar-refractivity contribution in [2.75, 3.05) is 0 Å². The van der Waals surface area contributed by atoms with Gasteiger partial charge in [-0.3, -0.25) is 0 Å². The standard InChI is InChI=1S/C13H15/c1-11-5-4-8-13(11)10-9-12-6-2-3-7-12/h2-3,5-6H,4,7,9-10H2,1H3. The van der Waals surface area contributed by atoms with Crippen LogP contribution in [0.3, 0.4) is 0 Å². The van der Waals surface area contributed by atoms with Gasteiger partial charge in [0.2, 0.25) is 0 Å². The largest absolute Gasteiger partial charge is 0.0805 e. The summed E-state index contributed by atoms with van der Waals surface area (Å²) in [5, 5.41) is 0. The summed E-state index contributed by atoms with van der Waals surface area (Å²) in [7, 11) is 0. The van der Waals surface area contributed by atoms with Crippen molar-refractivity contribution in [3.05, 3.63) is 47.1 Å². The molecule has 0 heterocycles. The number of allylic oxidation sites excluding steroid dienone is 8. The first-order valence-electron chi connectivity index (χ1n) is 4.97. The van der Waals surface area contributed by atoms with Crippen LogP contribution < -0.4 is 0 Å². The van der Waals surface area contributed by atoms with Crippen molar-refractivity contribution in [3.63, 3.8) is 0 Å². The molecule has 0 fully saturated rings. The van der Waals surface area contributed by atoms with Crippen LogP contribution in [-0.2, 0) is 0 Å². The van der Waals surface area contributed by atoms with Crippen LogP contribution in [0.4, 0.5) is 0 Å². The molecule has 0 aromatic carbocycles. The number of hydrogen-bond donors (Lipinski definition) is 0. The molecule has 0 heteroatoms. The molecule has 0 atom stereocenters. The smallest absolute Gasteiger partial charge is 0.00858 e. The Kier molecular flexibility index (Phi) is 2.49. The maximum absolute atomic E-state index is 3.41. The van der Waals surface area contributed by atoms with Crippen molar-refractivity contribution in [3.8, 4) is 0 Å². The minimum Gasteiger partial charge on any atom is -0.0805 e. The van der Waals surface area contributed by atoms with Gasteiger partial charge in [0.15, 0.2) is 0 Å². The van der Waals surface area contributed by atoms with E-state index in [4.69, 9.17) is 0 Å². The average Bonchev–Trinajstić information content (AvgIpc) is 2.72. The predicted octanol–water partition coefficient (Wildman–Crippen LogP) is 3.73. The molecule has 0 spiro atoms. The van der Waals surface area contributed by atoms with Gasteiger partial charge in [-0.1, -0.05) is 35.5 Å². The van der Waals surface area contributed by atoms with Gasteiger partial charge in [0, 0.05) is 0 Å². The zero-order chi connectivity index (χ0) is 9.10. The molecule has 0 saturated carbocycles. The predicted molar refractivity (Wildman–Crippen MR) is 56.2 cm³/mol. The van der Waals surface area contributed by atoms with Gasteiger partial charge in [0.05, 0.1) is 0 Å². The molecule has 0 unspecified atom stereocenters. The first-order chi connectivity index (χ1) is 6.36. The second-order valence-corrected chi connectivity index (χ2v) is 3.70. The molecule has 0 nitrogen and oxygen atoms in total. The van der Waals surface area contributed by atoms with Gasteiger partial charge in [0.1, 0.15) is 0 Å². The van der Waals surface area contributed by atoms with Gasteiger partial charge >= 0.3 is 0 Å². The minimum atomic E-state index is 1.03. The maximum atomic E-state index is 3.41. The van der Waals surface area contributed by atoms with E-state index in [0.717, 1.165) is 12.8 Å². The normalized spacial score (nSPS) is 20.2. The first-order valence-corrected chi connectivity index (χ1v) is 4.97. The van der Waals surface area contributed by atoms with Crippen LogP contribution in [0.25, 0.3) is 0 Å². The molecule has 0 aromatic rings. The lowest BCUT2D eigenvalue weighted by Gasteiger charge is -2.04. The number of hydrogen-bond acceptors (Lipinski definition) is 0. The molecule has 67 valence electrons. The summed E-state index contributed by atoms with van der Waals surface area (Å²) >= 11 is 0. The van der Waals surface area contributed by atoms with Crippen molar-refractivity contribution < 1.29 is 0 Å². The van der Waals surface area contributed by atoms with E-state index in [2.05, 4.69) is 37.3 Å². The summed E-state index contributed by atoms with van der Waals surface area (Å²) in [6, 6.07) is 0. The Labute approximate surface area is 80.3 Å². The van der Waals surface area contributed by atoms with Crippen molar-refractivity contribution >= 4 is 0 Å². The Morgan fingerprint density at radius 1 is 1.38 bits per heavy atom. The average molecular weight is 171 g/mol. The topological polar surface area (TPSA) is 0 Å². The van der Waals surface area contributed by atoms with Gasteiger partial charge < -0.3 is 0 Å². The lowest BCUT2D eigenvalue weighted by atomic mass is 10.0. The van der Waals surface area contributed by atoms with Gasteiger partial charge in [-0.2, -0.15) is 0 Å². The third-order valence-corrected chi connectivity index (χ3v) is 2.74. The second kappa shape index (κ2) is 3.78. The quantitative estimate of drug-likeness (QED) is 0.607. The third-order valence-electron chi connectivity index (χ3n) is 2.74. The Balaban J connectivity index is 1.83. The zero-order valence-corrected chi connectivity index (χ0v) is 8.14. The molecular weight excluding hydrogens is 156 g/mol. The third kappa shape index (κ3) is 2.00. The molecule has 2 aliphatic rings. The van der Waals surface area contributed by atoms with E-state index < -0.39 is 0 Å². The van der Waals surface area contributed by atoms with Gasteiger partial charge in [0.25, 0.3) is 0 Å². The summed E-state index contributed by atoms with van der Waals surface area (Å²) in [5.74, 6) is 0. The molecule has 0 N–H and O–H groups in total. The van der Waals surface area contributed by atoms with Crippen LogP contribution in [0.2, 0.25) is 0 Å². The van der Waals surface area contributed by atoms with E-state index in [1.807, 2.05) is 0 Å².